The molecule has 4 heteroatoms. The Bertz CT molecular complexity index is 946. The first-order chi connectivity index (χ1) is 16.4. The highest BCUT2D eigenvalue weighted by atomic mass is 16.5. The lowest BCUT2D eigenvalue weighted by Gasteiger charge is -2.24. The van der Waals surface area contributed by atoms with E-state index in [1.54, 1.807) is 7.11 Å². The Labute approximate surface area is 207 Å². The van der Waals surface area contributed by atoms with E-state index in [2.05, 4.69) is 42.9 Å². The smallest absolute Gasteiger partial charge is 0.139 e. The molecule has 1 atom stereocenters. The molecule has 0 spiro atoms. The highest BCUT2D eigenvalue weighted by molar-refractivity contribution is 5.89. The van der Waals surface area contributed by atoms with E-state index >= 15 is 0 Å². The predicted molar refractivity (Wildman–Crippen MR) is 146 cm³/mol. The normalized spacial score (nSPS) is 18.2. The van der Waals surface area contributed by atoms with E-state index in [1.807, 2.05) is 68.4 Å². The van der Waals surface area contributed by atoms with Gasteiger partial charge in [0.25, 0.3) is 0 Å². The highest BCUT2D eigenvalue weighted by Gasteiger charge is 2.15. The highest BCUT2D eigenvalue weighted by Crippen LogP contribution is 2.29. The Morgan fingerprint density at radius 3 is 2.09 bits per heavy atom. The fraction of sp³-hybridized carbons (Fsp3) is 0.533. The number of nitrogens with zero attached hydrogens (tertiary/aromatic N) is 3. The van der Waals surface area contributed by atoms with Gasteiger partial charge in [-0.05, 0) is 42.9 Å². The molecule has 3 aromatic rings. The second-order valence-electron chi connectivity index (χ2n) is 9.58. The molecule has 1 fully saturated rings. The summed E-state index contributed by atoms with van der Waals surface area (Å²) in [6.07, 6.45) is 8.66. The summed E-state index contributed by atoms with van der Waals surface area (Å²) in [4.78, 5) is 10.8. The molecule has 1 aliphatic carbocycles. The lowest BCUT2D eigenvalue weighted by atomic mass is 9.82. The summed E-state index contributed by atoms with van der Waals surface area (Å²) in [5, 5.41) is 1.10. The third kappa shape index (κ3) is 8.72. The van der Waals surface area contributed by atoms with Crippen molar-refractivity contribution in [2.75, 3.05) is 26.1 Å². The number of fused-ring (bicyclic) bond motifs is 1. The topological polar surface area (TPSA) is 38.2 Å². The van der Waals surface area contributed by atoms with E-state index < -0.39 is 0 Å². The van der Waals surface area contributed by atoms with Crippen molar-refractivity contribution in [3.63, 3.8) is 0 Å². The van der Waals surface area contributed by atoms with Crippen LogP contribution >= 0.6 is 0 Å². The molecule has 1 saturated carbocycles. The summed E-state index contributed by atoms with van der Waals surface area (Å²) in [7, 11) is 5.74. The summed E-state index contributed by atoms with van der Waals surface area (Å²) < 4.78 is 5.29. The van der Waals surface area contributed by atoms with E-state index in [0.717, 1.165) is 40.8 Å². The van der Waals surface area contributed by atoms with Crippen LogP contribution in [0, 0.1) is 18.8 Å². The Balaban J connectivity index is 0.000000185. The van der Waals surface area contributed by atoms with Gasteiger partial charge in [0.05, 0.1) is 11.6 Å². The zero-order valence-electron chi connectivity index (χ0n) is 22.4. The summed E-state index contributed by atoms with van der Waals surface area (Å²) in [6.45, 7) is 8.74. The first-order valence-electron chi connectivity index (χ1n) is 12.9. The zero-order chi connectivity index (χ0) is 24.9. The number of hydrogen-bond donors (Lipinski definition) is 0. The Hall–Kier alpha value is -2.46. The van der Waals surface area contributed by atoms with E-state index in [1.165, 1.54) is 37.7 Å². The number of aryl methyl sites for hydroxylation is 1. The van der Waals surface area contributed by atoms with Crippen LogP contribution in [0.1, 0.15) is 76.8 Å². The molecule has 0 saturated heterocycles. The average molecular weight is 464 g/mol. The monoisotopic (exact) mass is 463 g/mol. The van der Waals surface area contributed by atoms with Crippen LogP contribution in [0.2, 0.25) is 0 Å². The molecule has 0 amide bonds. The van der Waals surface area contributed by atoms with E-state index in [9.17, 15) is 0 Å². The maximum Gasteiger partial charge on any atom is 0.139 e. The lowest BCUT2D eigenvalue weighted by molar-refractivity contribution is 0.100. The maximum atomic E-state index is 5.29. The molecule has 1 heterocycles. The summed E-state index contributed by atoms with van der Waals surface area (Å²) in [6, 6.07) is 18.3. The van der Waals surface area contributed by atoms with Crippen molar-refractivity contribution in [2.45, 2.75) is 72.3 Å². The van der Waals surface area contributed by atoms with E-state index in [-0.39, 0.29) is 6.10 Å². The second-order valence-corrected chi connectivity index (χ2v) is 9.58. The van der Waals surface area contributed by atoms with Gasteiger partial charge >= 0.3 is 0 Å². The molecule has 1 aliphatic rings. The van der Waals surface area contributed by atoms with Crippen LogP contribution in [0.25, 0.3) is 10.9 Å². The number of methoxy groups -OCH3 is 1. The number of benzene rings is 2. The first-order valence-corrected chi connectivity index (χ1v) is 12.9. The molecule has 0 radical (unpaired) electrons. The average Bonchev–Trinajstić information content (AvgIpc) is 2.86. The molecule has 0 bridgehead atoms. The van der Waals surface area contributed by atoms with Gasteiger partial charge < -0.3 is 9.64 Å². The number of hydrogen-bond acceptors (Lipinski definition) is 4. The maximum absolute atomic E-state index is 5.29. The molecule has 186 valence electrons. The molecule has 4 rings (SSSR count). The van der Waals surface area contributed by atoms with Crippen molar-refractivity contribution in [3.8, 4) is 0 Å². The van der Waals surface area contributed by atoms with Gasteiger partial charge in [0.15, 0.2) is 0 Å². The minimum atomic E-state index is 0.260. The van der Waals surface area contributed by atoms with Gasteiger partial charge in [-0.2, -0.15) is 0 Å². The lowest BCUT2D eigenvalue weighted by Crippen LogP contribution is -2.12. The van der Waals surface area contributed by atoms with Crippen LogP contribution in [-0.4, -0.2) is 31.2 Å². The molecular weight excluding hydrogens is 418 g/mol. The fourth-order valence-electron chi connectivity index (χ4n) is 4.46. The van der Waals surface area contributed by atoms with Crippen LogP contribution in [-0.2, 0) is 4.74 Å². The number of anilines is 1. The van der Waals surface area contributed by atoms with Crippen molar-refractivity contribution >= 4 is 16.7 Å². The van der Waals surface area contributed by atoms with Gasteiger partial charge in [-0.1, -0.05) is 95.3 Å². The standard InChI is InChI=1S/C11H13N3.C10H14O.C9H18/c1-8-12-10-7-5-4-6-9(10)11(13-8)14(2)3;1-3-10(11-2)9-7-5-4-6-8-9;1-3-9-6-4-8(2)5-7-9/h4-7H,1-3H3;4-8,10H,3H2,1-2H3;8-9H,3-7H2,1-2H3. The van der Waals surface area contributed by atoms with Crippen LogP contribution in [0.4, 0.5) is 5.82 Å². The first kappa shape index (κ1) is 27.8. The summed E-state index contributed by atoms with van der Waals surface area (Å²) >= 11 is 0. The molecule has 34 heavy (non-hydrogen) atoms. The third-order valence-electron chi connectivity index (χ3n) is 6.66. The van der Waals surface area contributed by atoms with Crippen molar-refractivity contribution in [1.82, 2.24) is 9.97 Å². The Morgan fingerprint density at radius 1 is 0.912 bits per heavy atom. The summed E-state index contributed by atoms with van der Waals surface area (Å²) in [5.74, 6) is 3.88. The molecular formula is C30H45N3O. The van der Waals surface area contributed by atoms with E-state index in [0.29, 0.717) is 0 Å². The van der Waals surface area contributed by atoms with Crippen molar-refractivity contribution in [1.29, 1.82) is 0 Å². The fourth-order valence-corrected chi connectivity index (χ4v) is 4.46. The summed E-state index contributed by atoms with van der Waals surface area (Å²) in [5.41, 5.74) is 2.27. The van der Waals surface area contributed by atoms with Gasteiger partial charge in [-0.25, -0.2) is 9.97 Å². The molecule has 4 nitrogen and oxygen atoms in total. The molecule has 2 aromatic carbocycles. The van der Waals surface area contributed by atoms with Crippen molar-refractivity contribution in [3.05, 3.63) is 66.0 Å². The molecule has 0 aliphatic heterocycles. The second kappa shape index (κ2) is 14.7. The van der Waals surface area contributed by atoms with Gasteiger partial charge in [-0.3, -0.25) is 0 Å². The Morgan fingerprint density at radius 2 is 1.53 bits per heavy atom. The number of rotatable bonds is 5. The van der Waals surface area contributed by atoms with E-state index in [4.69, 9.17) is 4.74 Å². The van der Waals surface area contributed by atoms with Gasteiger partial charge in [0, 0.05) is 26.6 Å². The van der Waals surface area contributed by atoms with Crippen LogP contribution < -0.4 is 4.90 Å². The van der Waals surface area contributed by atoms with Crippen molar-refractivity contribution in [2.24, 2.45) is 11.8 Å². The quantitative estimate of drug-likeness (QED) is 0.384. The number of aromatic nitrogens is 2. The van der Waals surface area contributed by atoms with Gasteiger partial charge in [0.1, 0.15) is 11.6 Å². The minimum absolute atomic E-state index is 0.260. The Kier molecular flexibility index (Phi) is 12.0. The molecule has 1 aromatic heterocycles. The van der Waals surface area contributed by atoms with Gasteiger partial charge in [0.2, 0.25) is 0 Å². The van der Waals surface area contributed by atoms with Crippen molar-refractivity contribution < 1.29 is 4.74 Å². The number of ether oxygens (including phenoxy) is 1. The molecule has 0 N–H and O–H groups in total. The third-order valence-corrected chi connectivity index (χ3v) is 6.66. The largest absolute Gasteiger partial charge is 0.377 e. The van der Waals surface area contributed by atoms with Gasteiger partial charge in [-0.15, -0.1) is 0 Å². The SMILES string of the molecule is CCC(OC)c1ccccc1.CCC1CCC(C)CC1.Cc1nc(N(C)C)c2ccccc2n1. The minimum Gasteiger partial charge on any atom is -0.377 e. The van der Waals surface area contributed by atoms with Crippen LogP contribution in [0.5, 0.6) is 0 Å². The van der Waals surface area contributed by atoms with Crippen LogP contribution in [0.15, 0.2) is 54.6 Å². The van der Waals surface area contributed by atoms with Crippen LogP contribution in [0.3, 0.4) is 0 Å². The zero-order valence-corrected chi connectivity index (χ0v) is 22.4. The molecule has 1 unspecified atom stereocenters. The predicted octanol–water partition coefficient (Wildman–Crippen LogP) is 8.01. The number of para-hydroxylation sites is 1.